The standard InChI is InChI=1S/C41H42N2O7/c1-27-36(25-42-19-17-41(18-20-42)47-21-22-48-41)49-40(50-37(27)31-11-9-28(26-44)10-12-31)32-15-13-30(14-16-32)33-6-4-5-29(23-33)24-43-38(45)34-7-2-3-8-35(34)39(43)46/h2-16,23,27,36-37,40,44H,17-22,24-26H2,1H3/t27-,36+,37+,40+/m0/s1. The highest BCUT2D eigenvalue weighted by atomic mass is 16.7. The Morgan fingerprint density at radius 1 is 0.740 bits per heavy atom. The summed E-state index contributed by atoms with van der Waals surface area (Å²) in [5.41, 5.74) is 6.63. The number of fused-ring (bicyclic) bond motifs is 1. The molecule has 0 aliphatic carbocycles. The van der Waals surface area contributed by atoms with Crippen molar-refractivity contribution >= 4 is 11.8 Å². The Hall–Kier alpha value is -4.22. The summed E-state index contributed by atoms with van der Waals surface area (Å²) in [6.45, 7) is 6.28. The molecule has 0 radical (unpaired) electrons. The van der Waals surface area contributed by atoms with Crippen LogP contribution in [0.3, 0.4) is 0 Å². The first-order valence-corrected chi connectivity index (χ1v) is 17.6. The van der Waals surface area contributed by atoms with Gasteiger partial charge < -0.3 is 29.0 Å². The van der Waals surface area contributed by atoms with E-state index in [0.29, 0.717) is 24.3 Å². The Morgan fingerprint density at radius 2 is 1.40 bits per heavy atom. The molecule has 4 aliphatic rings. The van der Waals surface area contributed by atoms with Gasteiger partial charge in [0.05, 0.1) is 49.7 Å². The molecule has 0 aromatic heterocycles. The van der Waals surface area contributed by atoms with Crippen LogP contribution in [0.2, 0.25) is 0 Å². The molecule has 50 heavy (non-hydrogen) atoms. The second-order valence-electron chi connectivity index (χ2n) is 13.8. The Balaban J connectivity index is 0.993. The summed E-state index contributed by atoms with van der Waals surface area (Å²) in [6.07, 6.45) is 0.865. The van der Waals surface area contributed by atoms with Crippen LogP contribution >= 0.6 is 0 Å². The number of carbonyl (C=O) groups excluding carboxylic acids is 2. The van der Waals surface area contributed by atoms with E-state index in [1.54, 1.807) is 24.3 Å². The molecule has 4 aromatic rings. The third kappa shape index (κ3) is 6.41. The number of carbonyl (C=O) groups is 2. The summed E-state index contributed by atoms with van der Waals surface area (Å²) in [5, 5.41) is 9.62. The third-order valence-corrected chi connectivity index (χ3v) is 10.7. The number of hydrogen-bond donors (Lipinski definition) is 1. The number of amides is 2. The van der Waals surface area contributed by atoms with E-state index in [1.165, 1.54) is 4.90 Å². The molecule has 0 unspecified atom stereocenters. The van der Waals surface area contributed by atoms with Gasteiger partial charge >= 0.3 is 0 Å². The monoisotopic (exact) mass is 674 g/mol. The number of likely N-dealkylation sites (tertiary alicyclic amines) is 1. The Morgan fingerprint density at radius 3 is 2.06 bits per heavy atom. The lowest BCUT2D eigenvalue weighted by atomic mass is 9.89. The summed E-state index contributed by atoms with van der Waals surface area (Å²) in [6, 6.07) is 31.1. The average Bonchev–Trinajstić information content (AvgIpc) is 3.72. The molecule has 4 aliphatic heterocycles. The van der Waals surface area contributed by atoms with E-state index in [9.17, 15) is 14.7 Å². The minimum atomic E-state index is -0.564. The van der Waals surface area contributed by atoms with Crippen molar-refractivity contribution in [2.24, 2.45) is 5.92 Å². The van der Waals surface area contributed by atoms with Gasteiger partial charge in [0.15, 0.2) is 12.1 Å². The number of imide groups is 1. The van der Waals surface area contributed by atoms with E-state index in [-0.39, 0.29) is 43.1 Å². The van der Waals surface area contributed by atoms with E-state index in [2.05, 4.69) is 36.1 Å². The van der Waals surface area contributed by atoms with Crippen molar-refractivity contribution in [3.05, 3.63) is 130 Å². The van der Waals surface area contributed by atoms with Crippen molar-refractivity contribution in [2.45, 2.75) is 57.2 Å². The van der Waals surface area contributed by atoms with E-state index in [4.69, 9.17) is 18.9 Å². The van der Waals surface area contributed by atoms with Gasteiger partial charge in [-0.05, 0) is 46.0 Å². The lowest BCUT2D eigenvalue weighted by Crippen LogP contribution is -2.50. The molecule has 1 N–H and O–H groups in total. The van der Waals surface area contributed by atoms with Crippen molar-refractivity contribution in [3.8, 4) is 11.1 Å². The third-order valence-electron chi connectivity index (χ3n) is 10.7. The summed E-state index contributed by atoms with van der Waals surface area (Å²) in [5.74, 6) is -0.854. The van der Waals surface area contributed by atoms with Gasteiger partial charge in [0.25, 0.3) is 11.8 Å². The molecule has 0 saturated carbocycles. The molecule has 1 spiro atoms. The largest absolute Gasteiger partial charge is 0.392 e. The average molecular weight is 675 g/mol. The topological polar surface area (TPSA) is 97.8 Å². The van der Waals surface area contributed by atoms with Crippen LogP contribution in [-0.2, 0) is 32.1 Å². The van der Waals surface area contributed by atoms with Gasteiger partial charge in [-0.3, -0.25) is 14.5 Å². The van der Waals surface area contributed by atoms with Crippen LogP contribution in [-0.4, -0.2) is 71.5 Å². The fourth-order valence-corrected chi connectivity index (χ4v) is 7.69. The van der Waals surface area contributed by atoms with Crippen molar-refractivity contribution in [1.29, 1.82) is 0 Å². The number of ether oxygens (including phenoxy) is 4. The van der Waals surface area contributed by atoms with Crippen LogP contribution < -0.4 is 0 Å². The predicted molar refractivity (Wildman–Crippen MR) is 186 cm³/mol. The van der Waals surface area contributed by atoms with E-state index in [1.807, 2.05) is 48.5 Å². The second kappa shape index (κ2) is 13.8. The van der Waals surface area contributed by atoms with Gasteiger partial charge in [0, 0.05) is 44.0 Å². The second-order valence-corrected chi connectivity index (χ2v) is 13.8. The molecule has 258 valence electrons. The number of rotatable bonds is 8. The summed E-state index contributed by atoms with van der Waals surface area (Å²) in [7, 11) is 0. The zero-order chi connectivity index (χ0) is 34.2. The summed E-state index contributed by atoms with van der Waals surface area (Å²) in [4.78, 5) is 29.7. The summed E-state index contributed by atoms with van der Waals surface area (Å²) >= 11 is 0. The van der Waals surface area contributed by atoms with Crippen LogP contribution in [0.5, 0.6) is 0 Å². The molecular weight excluding hydrogens is 632 g/mol. The first-order chi connectivity index (χ1) is 24.4. The van der Waals surface area contributed by atoms with Crippen LogP contribution in [0.15, 0.2) is 97.1 Å². The molecule has 3 fully saturated rings. The molecule has 4 heterocycles. The van der Waals surface area contributed by atoms with E-state index < -0.39 is 12.1 Å². The van der Waals surface area contributed by atoms with Crippen LogP contribution in [0.25, 0.3) is 11.1 Å². The SMILES string of the molecule is C[C@H]1[C@@H](CN2CCC3(CC2)OCCO3)O[C@@H](c2ccc(-c3cccc(CN4C(=O)c5ccccc5C4=O)c3)cc2)O[C@H]1c1ccc(CO)cc1. The van der Waals surface area contributed by atoms with Crippen molar-refractivity contribution in [1.82, 2.24) is 9.80 Å². The fraction of sp³-hybridized carbons (Fsp3) is 0.366. The molecular formula is C41H42N2O7. The molecule has 9 nitrogen and oxygen atoms in total. The Labute approximate surface area is 292 Å². The van der Waals surface area contributed by atoms with Gasteiger partial charge in [-0.1, -0.05) is 85.8 Å². The van der Waals surface area contributed by atoms with Crippen LogP contribution in [0.1, 0.15) is 75.1 Å². The van der Waals surface area contributed by atoms with Gasteiger partial charge in [-0.25, -0.2) is 0 Å². The number of aliphatic hydroxyl groups excluding tert-OH is 1. The smallest absolute Gasteiger partial charge is 0.261 e. The molecule has 4 atom stereocenters. The maximum atomic E-state index is 13.0. The van der Waals surface area contributed by atoms with Crippen molar-refractivity contribution in [3.63, 3.8) is 0 Å². The maximum absolute atomic E-state index is 13.0. The van der Waals surface area contributed by atoms with Gasteiger partial charge in [-0.15, -0.1) is 0 Å². The number of benzene rings is 4. The summed E-state index contributed by atoms with van der Waals surface area (Å²) < 4.78 is 25.4. The number of hydrogen-bond acceptors (Lipinski definition) is 8. The van der Waals surface area contributed by atoms with Crippen molar-refractivity contribution in [2.75, 3.05) is 32.8 Å². The first-order valence-electron chi connectivity index (χ1n) is 17.6. The lowest BCUT2D eigenvalue weighted by Gasteiger charge is -2.44. The van der Waals surface area contributed by atoms with Gasteiger partial charge in [0.2, 0.25) is 0 Å². The molecule has 9 heteroatoms. The minimum absolute atomic E-state index is 0.00236. The lowest BCUT2D eigenvalue weighted by molar-refractivity contribution is -0.278. The molecule has 3 saturated heterocycles. The van der Waals surface area contributed by atoms with Gasteiger partial charge in [0.1, 0.15) is 0 Å². The molecule has 2 amide bonds. The first kappa shape index (κ1) is 33.0. The number of nitrogens with zero attached hydrogens (tertiary/aromatic N) is 2. The number of piperidine rings is 1. The van der Waals surface area contributed by atoms with Crippen molar-refractivity contribution < 1.29 is 33.6 Å². The van der Waals surface area contributed by atoms with Crippen LogP contribution in [0.4, 0.5) is 0 Å². The molecule has 8 rings (SSSR count). The van der Waals surface area contributed by atoms with E-state index in [0.717, 1.165) is 65.9 Å². The fourth-order valence-electron chi connectivity index (χ4n) is 7.69. The predicted octanol–water partition coefficient (Wildman–Crippen LogP) is 6.27. The maximum Gasteiger partial charge on any atom is 0.261 e. The quantitative estimate of drug-likeness (QED) is 0.219. The van der Waals surface area contributed by atoms with E-state index >= 15 is 0 Å². The zero-order valence-corrected chi connectivity index (χ0v) is 28.2. The van der Waals surface area contributed by atoms with Crippen LogP contribution in [0, 0.1) is 5.92 Å². The normalized spacial score (nSPS) is 25.0. The molecule has 4 aromatic carbocycles. The van der Waals surface area contributed by atoms with Gasteiger partial charge in [-0.2, -0.15) is 0 Å². The molecule has 0 bridgehead atoms. The Kier molecular flexibility index (Phi) is 9.11. The minimum Gasteiger partial charge on any atom is -0.392 e. The highest BCUT2D eigenvalue weighted by Crippen LogP contribution is 2.43. The highest BCUT2D eigenvalue weighted by Gasteiger charge is 2.43. The zero-order valence-electron chi connectivity index (χ0n) is 28.2. The highest BCUT2D eigenvalue weighted by molar-refractivity contribution is 6.21. The number of aliphatic hydroxyl groups is 1. The Bertz CT molecular complexity index is 1810.